The topological polar surface area (TPSA) is 35.5 Å². The van der Waals surface area contributed by atoms with Gasteiger partial charge in [0.05, 0.1) is 12.1 Å². The van der Waals surface area contributed by atoms with Gasteiger partial charge in [0.15, 0.2) is 0 Å². The van der Waals surface area contributed by atoms with Crippen molar-refractivity contribution in [2.45, 2.75) is 58.5 Å². The molecule has 0 aromatic rings. The van der Waals surface area contributed by atoms with Crippen LogP contribution in [0.1, 0.15) is 34.6 Å². The first-order chi connectivity index (χ1) is 7.93. The summed E-state index contributed by atoms with van der Waals surface area (Å²) in [5, 5.41) is 13.1. The van der Waals surface area contributed by atoms with E-state index in [9.17, 15) is 18.3 Å². The standard InChI is InChI=1S/C12H25F3N2O/c1-9(2)16-6-11(5,18)7-17(10(3)4)8-12(13,14)15/h9-10,16,18H,6-8H2,1-5H3. The van der Waals surface area contributed by atoms with E-state index < -0.39 is 18.3 Å². The third kappa shape index (κ3) is 8.72. The van der Waals surface area contributed by atoms with Gasteiger partial charge in [-0.3, -0.25) is 4.90 Å². The quantitative estimate of drug-likeness (QED) is 0.743. The summed E-state index contributed by atoms with van der Waals surface area (Å²) in [6.45, 7) is 8.04. The van der Waals surface area contributed by atoms with Crippen LogP contribution >= 0.6 is 0 Å². The van der Waals surface area contributed by atoms with Crippen LogP contribution in [-0.4, -0.2) is 53.5 Å². The summed E-state index contributed by atoms with van der Waals surface area (Å²) in [7, 11) is 0. The first-order valence-corrected chi connectivity index (χ1v) is 6.19. The fraction of sp³-hybridized carbons (Fsp3) is 1.00. The molecular formula is C12H25F3N2O. The number of aliphatic hydroxyl groups is 1. The molecule has 18 heavy (non-hydrogen) atoms. The minimum Gasteiger partial charge on any atom is -0.388 e. The van der Waals surface area contributed by atoms with Gasteiger partial charge in [-0.2, -0.15) is 13.2 Å². The SMILES string of the molecule is CC(C)NCC(C)(O)CN(CC(F)(F)F)C(C)C. The van der Waals surface area contributed by atoms with E-state index in [2.05, 4.69) is 5.32 Å². The average Bonchev–Trinajstić information content (AvgIpc) is 2.11. The van der Waals surface area contributed by atoms with Gasteiger partial charge in [0, 0.05) is 25.2 Å². The van der Waals surface area contributed by atoms with Crippen molar-refractivity contribution < 1.29 is 18.3 Å². The Labute approximate surface area is 107 Å². The van der Waals surface area contributed by atoms with Gasteiger partial charge in [0.1, 0.15) is 0 Å². The molecule has 0 aliphatic carbocycles. The molecule has 1 atom stereocenters. The third-order valence-electron chi connectivity index (χ3n) is 2.55. The molecule has 6 heteroatoms. The number of hydrogen-bond donors (Lipinski definition) is 2. The molecule has 0 aromatic carbocycles. The molecule has 0 saturated heterocycles. The molecule has 1 unspecified atom stereocenters. The Balaban J connectivity index is 4.47. The van der Waals surface area contributed by atoms with Crippen molar-refractivity contribution in [3.8, 4) is 0 Å². The van der Waals surface area contributed by atoms with Crippen LogP contribution in [-0.2, 0) is 0 Å². The molecule has 0 radical (unpaired) electrons. The third-order valence-corrected chi connectivity index (χ3v) is 2.55. The molecule has 0 aliphatic heterocycles. The normalized spacial score (nSPS) is 16.7. The Bertz CT molecular complexity index is 240. The second kappa shape index (κ2) is 6.73. The molecule has 0 rings (SSSR count). The molecule has 0 fully saturated rings. The summed E-state index contributed by atoms with van der Waals surface area (Å²) in [6, 6.07) is -0.0799. The zero-order valence-electron chi connectivity index (χ0n) is 11.8. The number of hydrogen-bond acceptors (Lipinski definition) is 3. The smallest absolute Gasteiger partial charge is 0.388 e. The van der Waals surface area contributed by atoms with Crippen molar-refractivity contribution in [1.29, 1.82) is 0 Å². The van der Waals surface area contributed by atoms with Gasteiger partial charge in [-0.1, -0.05) is 13.8 Å². The number of nitrogens with one attached hydrogen (secondary N) is 1. The van der Waals surface area contributed by atoms with Gasteiger partial charge in [-0.15, -0.1) is 0 Å². The van der Waals surface area contributed by atoms with Crippen LogP contribution in [0.25, 0.3) is 0 Å². The second-order valence-corrected chi connectivity index (χ2v) is 5.65. The van der Waals surface area contributed by atoms with Gasteiger partial charge in [-0.25, -0.2) is 0 Å². The minimum atomic E-state index is -4.24. The molecule has 0 aliphatic rings. The summed E-state index contributed by atoms with van der Waals surface area (Å²) >= 11 is 0. The molecule has 110 valence electrons. The lowest BCUT2D eigenvalue weighted by Crippen LogP contribution is -2.52. The summed E-state index contributed by atoms with van der Waals surface area (Å²) in [6.07, 6.45) is -4.24. The van der Waals surface area contributed by atoms with Crippen molar-refractivity contribution in [2.24, 2.45) is 0 Å². The van der Waals surface area contributed by atoms with Crippen LogP contribution in [0.5, 0.6) is 0 Å². The first-order valence-electron chi connectivity index (χ1n) is 6.19. The van der Waals surface area contributed by atoms with Gasteiger partial charge in [0.2, 0.25) is 0 Å². The van der Waals surface area contributed by atoms with Crippen molar-refractivity contribution in [1.82, 2.24) is 10.2 Å². The predicted molar refractivity (Wildman–Crippen MR) is 66.5 cm³/mol. The van der Waals surface area contributed by atoms with Crippen LogP contribution in [0.4, 0.5) is 13.2 Å². The summed E-state index contributed by atoms with van der Waals surface area (Å²) < 4.78 is 37.2. The Morgan fingerprint density at radius 2 is 1.61 bits per heavy atom. The molecular weight excluding hydrogens is 245 g/mol. The van der Waals surface area contributed by atoms with Gasteiger partial charge in [0.25, 0.3) is 0 Å². The van der Waals surface area contributed by atoms with Crippen molar-refractivity contribution in [3.63, 3.8) is 0 Å². The van der Waals surface area contributed by atoms with Crippen molar-refractivity contribution in [2.75, 3.05) is 19.6 Å². The molecule has 0 aromatic heterocycles. The van der Waals surface area contributed by atoms with E-state index >= 15 is 0 Å². The van der Waals surface area contributed by atoms with Crippen LogP contribution in [0, 0.1) is 0 Å². The fourth-order valence-electron chi connectivity index (χ4n) is 1.57. The molecule has 0 spiro atoms. The lowest BCUT2D eigenvalue weighted by molar-refractivity contribution is -0.155. The Morgan fingerprint density at radius 3 is 1.94 bits per heavy atom. The van der Waals surface area contributed by atoms with E-state index in [1.165, 1.54) is 4.90 Å². The minimum absolute atomic E-state index is 0.0100. The zero-order chi connectivity index (χ0) is 14.6. The number of nitrogens with zero attached hydrogens (tertiary/aromatic N) is 1. The molecule has 2 N–H and O–H groups in total. The Morgan fingerprint density at radius 1 is 1.11 bits per heavy atom. The Hall–Kier alpha value is -0.330. The number of alkyl halides is 3. The van der Waals surface area contributed by atoms with Gasteiger partial charge < -0.3 is 10.4 Å². The van der Waals surface area contributed by atoms with Crippen LogP contribution < -0.4 is 5.32 Å². The predicted octanol–water partition coefficient (Wildman–Crippen LogP) is 2.01. The van der Waals surface area contributed by atoms with Gasteiger partial charge in [-0.05, 0) is 20.8 Å². The van der Waals surface area contributed by atoms with E-state index in [4.69, 9.17) is 0 Å². The van der Waals surface area contributed by atoms with Crippen LogP contribution in [0.15, 0.2) is 0 Å². The Kier molecular flexibility index (Phi) is 6.60. The van der Waals surface area contributed by atoms with E-state index in [1.54, 1.807) is 20.8 Å². The zero-order valence-corrected chi connectivity index (χ0v) is 11.8. The molecule has 0 heterocycles. The maximum absolute atomic E-state index is 12.4. The summed E-state index contributed by atoms with van der Waals surface area (Å²) in [5.74, 6) is 0. The summed E-state index contributed by atoms with van der Waals surface area (Å²) in [5.41, 5.74) is -1.18. The molecule has 0 saturated carbocycles. The first kappa shape index (κ1) is 17.7. The monoisotopic (exact) mass is 270 g/mol. The number of rotatable bonds is 7. The largest absolute Gasteiger partial charge is 0.401 e. The van der Waals surface area contributed by atoms with Crippen molar-refractivity contribution >= 4 is 0 Å². The van der Waals surface area contributed by atoms with E-state index in [1.807, 2.05) is 13.8 Å². The fourth-order valence-corrected chi connectivity index (χ4v) is 1.57. The van der Waals surface area contributed by atoms with Crippen LogP contribution in [0.3, 0.4) is 0 Å². The average molecular weight is 270 g/mol. The van der Waals surface area contributed by atoms with E-state index in [0.717, 1.165) is 0 Å². The highest BCUT2D eigenvalue weighted by Gasteiger charge is 2.35. The highest BCUT2D eigenvalue weighted by Crippen LogP contribution is 2.19. The van der Waals surface area contributed by atoms with Crippen LogP contribution in [0.2, 0.25) is 0 Å². The van der Waals surface area contributed by atoms with E-state index in [-0.39, 0.29) is 25.2 Å². The second-order valence-electron chi connectivity index (χ2n) is 5.65. The highest BCUT2D eigenvalue weighted by molar-refractivity contribution is 4.83. The lowest BCUT2D eigenvalue weighted by atomic mass is 10.0. The van der Waals surface area contributed by atoms with Crippen molar-refractivity contribution in [3.05, 3.63) is 0 Å². The highest BCUT2D eigenvalue weighted by atomic mass is 19.4. The maximum Gasteiger partial charge on any atom is 0.401 e. The maximum atomic E-state index is 12.4. The lowest BCUT2D eigenvalue weighted by Gasteiger charge is -2.35. The molecule has 3 nitrogen and oxygen atoms in total. The van der Waals surface area contributed by atoms with Gasteiger partial charge >= 0.3 is 6.18 Å². The molecule has 0 bridgehead atoms. The molecule has 0 amide bonds. The number of halogens is 3. The van der Waals surface area contributed by atoms with E-state index in [0.29, 0.717) is 0 Å². The summed E-state index contributed by atoms with van der Waals surface area (Å²) in [4.78, 5) is 1.24.